The molecule has 0 aromatic heterocycles. The minimum absolute atomic E-state index is 0.0705. The van der Waals surface area contributed by atoms with Crippen LogP contribution in [0.2, 0.25) is 0 Å². The van der Waals surface area contributed by atoms with Crippen molar-refractivity contribution in [3.63, 3.8) is 0 Å². The predicted octanol–water partition coefficient (Wildman–Crippen LogP) is 6.06. The molecule has 9 atom stereocenters. The molecule has 3 saturated carbocycles. The molecule has 0 heterocycles. The molecule has 3 fully saturated rings. The molecule has 41 heavy (non-hydrogen) atoms. The van der Waals surface area contributed by atoms with Crippen molar-refractivity contribution in [3.8, 4) is 0 Å². The third-order valence-electron chi connectivity index (χ3n) is 12.1. The molecule has 7 nitrogen and oxygen atoms in total. The van der Waals surface area contributed by atoms with Gasteiger partial charge in [0.25, 0.3) is 0 Å². The number of unbranched alkanes of at least 4 members (excludes halogenated alkanes) is 2. The highest BCUT2D eigenvalue weighted by molar-refractivity contribution is 5.81. The van der Waals surface area contributed by atoms with Crippen LogP contribution in [0.4, 0.5) is 4.79 Å². The molecule has 234 valence electrons. The molecule has 4 aliphatic rings. The van der Waals surface area contributed by atoms with E-state index in [4.69, 9.17) is 16.2 Å². The van der Waals surface area contributed by atoms with E-state index in [0.29, 0.717) is 31.5 Å². The van der Waals surface area contributed by atoms with Crippen molar-refractivity contribution in [2.24, 2.45) is 51.9 Å². The maximum absolute atomic E-state index is 12.5. The number of ether oxygens (including phenoxy) is 1. The number of carbonyl (C=O) groups excluding carboxylic acids is 2. The maximum atomic E-state index is 12.5. The Hall–Kier alpha value is -1.60. The summed E-state index contributed by atoms with van der Waals surface area (Å²) in [5.74, 6) is 3.99. The topological polar surface area (TPSA) is 119 Å². The highest BCUT2D eigenvalue weighted by atomic mass is 16.6. The molecule has 2 amide bonds. The molecule has 4 rings (SSSR count). The lowest BCUT2D eigenvalue weighted by Gasteiger charge is -2.58. The van der Waals surface area contributed by atoms with Crippen LogP contribution in [0.25, 0.3) is 0 Å². The van der Waals surface area contributed by atoms with Gasteiger partial charge in [-0.3, -0.25) is 4.79 Å². The first-order valence-corrected chi connectivity index (χ1v) is 17.0. The summed E-state index contributed by atoms with van der Waals surface area (Å²) >= 11 is 0. The molecule has 0 spiro atoms. The van der Waals surface area contributed by atoms with Gasteiger partial charge < -0.3 is 26.8 Å². The van der Waals surface area contributed by atoms with E-state index < -0.39 is 12.1 Å². The number of amides is 2. The van der Waals surface area contributed by atoms with Crippen molar-refractivity contribution in [2.45, 2.75) is 130 Å². The van der Waals surface area contributed by atoms with Crippen LogP contribution >= 0.6 is 0 Å². The summed E-state index contributed by atoms with van der Waals surface area (Å²) in [4.78, 5) is 24.5. The number of allylic oxidation sites excluding steroid dienone is 1. The molecular formula is C34H60N4O3. The van der Waals surface area contributed by atoms with Crippen LogP contribution in [0.15, 0.2) is 11.6 Å². The molecule has 4 aliphatic carbocycles. The van der Waals surface area contributed by atoms with Gasteiger partial charge in [-0.05, 0) is 105 Å². The first kappa shape index (κ1) is 32.3. The maximum Gasteiger partial charge on any atom is 0.407 e. The first-order valence-electron chi connectivity index (χ1n) is 17.0. The molecule has 0 bridgehead atoms. The van der Waals surface area contributed by atoms with Crippen LogP contribution in [0, 0.1) is 40.4 Å². The Balaban J connectivity index is 1.26. The lowest BCUT2D eigenvalue weighted by Crippen LogP contribution is -2.51. The summed E-state index contributed by atoms with van der Waals surface area (Å²) in [6, 6.07) is -0.558. The molecule has 0 aromatic rings. The minimum atomic E-state index is -0.558. The quantitative estimate of drug-likeness (QED) is 0.158. The van der Waals surface area contributed by atoms with Gasteiger partial charge in [0.05, 0.1) is 6.04 Å². The second kappa shape index (κ2) is 14.2. The van der Waals surface area contributed by atoms with Crippen LogP contribution in [0.1, 0.15) is 118 Å². The summed E-state index contributed by atoms with van der Waals surface area (Å²) in [5, 5.41) is 5.57. The van der Waals surface area contributed by atoms with Crippen molar-refractivity contribution in [1.29, 1.82) is 0 Å². The molecule has 6 N–H and O–H groups in total. The van der Waals surface area contributed by atoms with Gasteiger partial charge in [-0.2, -0.15) is 0 Å². The number of alkyl carbamates (subject to hydrolysis) is 1. The Morgan fingerprint density at radius 3 is 2.56 bits per heavy atom. The van der Waals surface area contributed by atoms with E-state index in [1.807, 2.05) is 0 Å². The average Bonchev–Trinajstić information content (AvgIpc) is 3.31. The molecular weight excluding hydrogens is 512 g/mol. The average molecular weight is 573 g/mol. The zero-order valence-corrected chi connectivity index (χ0v) is 26.5. The van der Waals surface area contributed by atoms with E-state index in [-0.39, 0.29) is 17.4 Å². The monoisotopic (exact) mass is 572 g/mol. The molecule has 7 heteroatoms. The van der Waals surface area contributed by atoms with Gasteiger partial charge in [0.15, 0.2) is 0 Å². The van der Waals surface area contributed by atoms with Gasteiger partial charge in [0.1, 0.15) is 6.10 Å². The highest BCUT2D eigenvalue weighted by Gasteiger charge is 2.59. The number of nitrogens with two attached hydrogens (primary N) is 2. The van der Waals surface area contributed by atoms with Crippen LogP contribution in [0.5, 0.6) is 0 Å². The van der Waals surface area contributed by atoms with Gasteiger partial charge in [-0.1, -0.05) is 65.0 Å². The zero-order valence-electron chi connectivity index (χ0n) is 26.5. The lowest BCUT2D eigenvalue weighted by atomic mass is 9.47. The van der Waals surface area contributed by atoms with E-state index in [1.165, 1.54) is 63.4 Å². The molecule has 0 saturated heterocycles. The molecule has 0 aliphatic heterocycles. The normalized spacial score (nSPS) is 35.8. The van der Waals surface area contributed by atoms with E-state index in [2.05, 4.69) is 44.4 Å². The van der Waals surface area contributed by atoms with Crippen molar-refractivity contribution in [2.75, 3.05) is 19.6 Å². The van der Waals surface area contributed by atoms with Crippen molar-refractivity contribution in [1.82, 2.24) is 10.6 Å². The first-order chi connectivity index (χ1) is 19.6. The minimum Gasteiger partial charge on any atom is -0.446 e. The van der Waals surface area contributed by atoms with Crippen molar-refractivity contribution >= 4 is 12.0 Å². The Labute approximate surface area is 249 Å². The fourth-order valence-electron chi connectivity index (χ4n) is 9.76. The Morgan fingerprint density at radius 2 is 1.80 bits per heavy atom. The summed E-state index contributed by atoms with van der Waals surface area (Å²) in [5.41, 5.74) is 13.6. The van der Waals surface area contributed by atoms with Gasteiger partial charge in [0.2, 0.25) is 5.91 Å². The smallest absolute Gasteiger partial charge is 0.407 e. The van der Waals surface area contributed by atoms with Gasteiger partial charge >= 0.3 is 6.09 Å². The predicted molar refractivity (Wildman–Crippen MR) is 166 cm³/mol. The third kappa shape index (κ3) is 7.14. The molecule has 0 radical (unpaired) electrons. The molecule has 0 aromatic carbocycles. The Kier molecular flexibility index (Phi) is 11.2. The zero-order chi connectivity index (χ0) is 29.6. The largest absolute Gasteiger partial charge is 0.446 e. The summed E-state index contributed by atoms with van der Waals surface area (Å²) < 4.78 is 5.85. The number of carbonyl (C=O) groups is 2. The van der Waals surface area contributed by atoms with E-state index in [1.54, 1.807) is 0 Å². The number of fused-ring (bicyclic) bond motifs is 5. The number of hydrogen-bond acceptors (Lipinski definition) is 5. The SMILES string of the molecule is CCCCCC(C)C1CCC2C3CC=C4CC(OC(=O)NCCNC(=O)[C@@H](N)CCCN)CCC4(C)C3CCC12C. The van der Waals surface area contributed by atoms with Crippen LogP contribution < -0.4 is 22.1 Å². The summed E-state index contributed by atoms with van der Waals surface area (Å²) in [7, 11) is 0. The van der Waals surface area contributed by atoms with Gasteiger partial charge in [0, 0.05) is 19.5 Å². The van der Waals surface area contributed by atoms with E-state index in [9.17, 15) is 9.59 Å². The number of nitrogens with one attached hydrogen (secondary N) is 2. The second-order valence-corrected chi connectivity index (χ2v) is 14.5. The number of hydrogen-bond donors (Lipinski definition) is 4. The van der Waals surface area contributed by atoms with Gasteiger partial charge in [-0.15, -0.1) is 0 Å². The second-order valence-electron chi connectivity index (χ2n) is 14.5. The number of rotatable bonds is 13. The van der Waals surface area contributed by atoms with Gasteiger partial charge in [-0.25, -0.2) is 4.79 Å². The van der Waals surface area contributed by atoms with Crippen molar-refractivity contribution in [3.05, 3.63) is 11.6 Å². The van der Waals surface area contributed by atoms with Crippen LogP contribution in [-0.2, 0) is 9.53 Å². The third-order valence-corrected chi connectivity index (χ3v) is 12.1. The summed E-state index contributed by atoms with van der Waals surface area (Å²) in [6.07, 6.45) is 18.6. The Morgan fingerprint density at radius 1 is 1.02 bits per heavy atom. The lowest BCUT2D eigenvalue weighted by molar-refractivity contribution is -0.122. The molecule has 8 unspecified atom stereocenters. The Bertz CT molecular complexity index is 924. The van der Waals surface area contributed by atoms with E-state index >= 15 is 0 Å². The standard InChI is InChI=1S/C34H60N4O3/c1-5-6-7-9-23(2)27-13-14-28-26-12-11-24-22-25(15-17-33(24,3)29(26)16-18-34(27,28)4)41-32(40)38-21-20-37-31(39)30(36)10-8-19-35/h11,23,25-30H,5-10,12-22,35-36H2,1-4H3,(H,37,39)(H,38,40)/t23?,25?,26?,27?,28?,29?,30-,33?,34?/m0/s1. The summed E-state index contributed by atoms with van der Waals surface area (Å²) in [6.45, 7) is 11.2. The van der Waals surface area contributed by atoms with E-state index in [0.717, 1.165) is 55.3 Å². The highest BCUT2D eigenvalue weighted by Crippen LogP contribution is 2.67. The van der Waals surface area contributed by atoms with Crippen molar-refractivity contribution < 1.29 is 14.3 Å². The van der Waals surface area contributed by atoms with Crippen LogP contribution in [0.3, 0.4) is 0 Å². The fraction of sp³-hybridized carbons (Fsp3) is 0.882. The fourth-order valence-corrected chi connectivity index (χ4v) is 9.76. The van der Waals surface area contributed by atoms with Crippen LogP contribution in [-0.4, -0.2) is 43.8 Å².